The first-order chi connectivity index (χ1) is 10.7. The molecule has 0 bridgehead atoms. The van der Waals surface area contributed by atoms with Crippen molar-refractivity contribution in [1.29, 1.82) is 0 Å². The highest BCUT2D eigenvalue weighted by Gasteiger charge is 2.06. The molecule has 0 saturated carbocycles. The van der Waals surface area contributed by atoms with Crippen LogP contribution in [-0.4, -0.2) is 24.7 Å². The molecule has 1 heterocycles. The van der Waals surface area contributed by atoms with Gasteiger partial charge in [0.1, 0.15) is 5.75 Å². The van der Waals surface area contributed by atoms with E-state index in [1.807, 2.05) is 24.4 Å². The lowest BCUT2D eigenvalue weighted by molar-refractivity contribution is 0.415. The van der Waals surface area contributed by atoms with E-state index in [-0.39, 0.29) is 0 Å². The molecule has 0 saturated heterocycles. The number of nitrogens with two attached hydrogens (primary N) is 1. The zero-order chi connectivity index (χ0) is 15.8. The summed E-state index contributed by atoms with van der Waals surface area (Å²) in [5.41, 5.74) is 8.13. The molecule has 0 radical (unpaired) electrons. The summed E-state index contributed by atoms with van der Waals surface area (Å²) in [5.74, 6) is 0.850. The van der Waals surface area contributed by atoms with Crippen molar-refractivity contribution in [3.63, 3.8) is 0 Å². The van der Waals surface area contributed by atoms with E-state index in [9.17, 15) is 0 Å². The van der Waals surface area contributed by atoms with Crippen LogP contribution in [0.2, 0.25) is 0 Å². The van der Waals surface area contributed by atoms with Gasteiger partial charge in [0.25, 0.3) is 0 Å². The number of hydrogen-bond donors (Lipinski definition) is 2. The van der Waals surface area contributed by atoms with E-state index < -0.39 is 0 Å². The number of unbranched alkanes of at least 4 members (excludes halogenated alkanes) is 1. The fourth-order valence-corrected chi connectivity index (χ4v) is 2.62. The summed E-state index contributed by atoms with van der Waals surface area (Å²) >= 11 is 0. The van der Waals surface area contributed by atoms with Crippen LogP contribution in [0, 0.1) is 0 Å². The number of benzene rings is 1. The molecule has 1 aromatic heterocycles. The summed E-state index contributed by atoms with van der Waals surface area (Å²) < 4.78 is 5.36. The van der Waals surface area contributed by atoms with Crippen molar-refractivity contribution < 1.29 is 4.74 Å². The van der Waals surface area contributed by atoms with Crippen molar-refractivity contribution in [1.82, 2.24) is 4.98 Å². The number of nitrogens with one attached hydrogen (secondary N) is 1. The normalized spacial score (nSPS) is 12.3. The van der Waals surface area contributed by atoms with Crippen LogP contribution in [0.5, 0.6) is 5.75 Å². The number of anilines is 1. The molecule has 0 fully saturated rings. The van der Waals surface area contributed by atoms with E-state index in [1.165, 1.54) is 12.8 Å². The molecule has 3 N–H and O–H groups in total. The van der Waals surface area contributed by atoms with E-state index >= 15 is 0 Å². The van der Waals surface area contributed by atoms with Gasteiger partial charge in [0.2, 0.25) is 0 Å². The van der Waals surface area contributed by atoms with Gasteiger partial charge in [-0.05, 0) is 31.4 Å². The van der Waals surface area contributed by atoms with Crippen molar-refractivity contribution in [2.45, 2.75) is 45.1 Å². The van der Waals surface area contributed by atoms with Crippen molar-refractivity contribution in [3.8, 4) is 5.75 Å². The number of pyridine rings is 1. The average Bonchev–Trinajstić information content (AvgIpc) is 2.56. The van der Waals surface area contributed by atoms with Crippen molar-refractivity contribution in [3.05, 3.63) is 30.5 Å². The number of ether oxygens (including phenoxy) is 1. The number of methoxy groups -OCH3 is 1. The third-order valence-corrected chi connectivity index (χ3v) is 3.91. The maximum absolute atomic E-state index is 6.12. The van der Waals surface area contributed by atoms with Crippen LogP contribution in [0.4, 0.5) is 5.69 Å². The smallest absolute Gasteiger partial charge is 0.121 e. The largest absolute Gasteiger partial charge is 0.497 e. The molecule has 0 aliphatic carbocycles. The lowest BCUT2D eigenvalue weighted by Crippen LogP contribution is -2.20. The Morgan fingerprint density at radius 3 is 2.86 bits per heavy atom. The van der Waals surface area contributed by atoms with Crippen molar-refractivity contribution >= 4 is 16.6 Å². The third-order valence-electron chi connectivity index (χ3n) is 3.91. The van der Waals surface area contributed by atoms with E-state index in [4.69, 9.17) is 10.5 Å². The molecule has 0 amide bonds. The molecule has 22 heavy (non-hydrogen) atoms. The Bertz CT molecular complexity index is 586. The Kier molecular flexibility index (Phi) is 6.46. The molecule has 1 aromatic carbocycles. The summed E-state index contributed by atoms with van der Waals surface area (Å²) in [7, 11) is 1.69. The van der Waals surface area contributed by atoms with Gasteiger partial charge in [-0.15, -0.1) is 0 Å². The minimum atomic E-state index is 0.321. The van der Waals surface area contributed by atoms with Crippen molar-refractivity contribution in [2.24, 2.45) is 5.73 Å². The fourth-order valence-electron chi connectivity index (χ4n) is 2.62. The maximum Gasteiger partial charge on any atom is 0.121 e. The second kappa shape index (κ2) is 8.59. The quantitative estimate of drug-likeness (QED) is 0.688. The van der Waals surface area contributed by atoms with Gasteiger partial charge in [0.05, 0.1) is 18.3 Å². The van der Waals surface area contributed by atoms with Crippen molar-refractivity contribution in [2.75, 3.05) is 19.0 Å². The Hall–Kier alpha value is -1.81. The third kappa shape index (κ3) is 4.60. The SMILES string of the molecule is CCCCC(N)CCCNc1cc(OC)cc2cccnc12. The minimum absolute atomic E-state index is 0.321. The van der Waals surface area contributed by atoms with E-state index in [0.717, 1.165) is 48.1 Å². The first kappa shape index (κ1) is 16.6. The molecule has 1 atom stereocenters. The standard InChI is InChI=1S/C18H27N3O/c1-3-4-8-15(19)9-6-10-20-17-13-16(22-2)12-14-7-5-11-21-18(14)17/h5,7,11-13,15,20H,3-4,6,8-10,19H2,1-2H3. The highest BCUT2D eigenvalue weighted by atomic mass is 16.5. The first-order valence-electron chi connectivity index (χ1n) is 8.16. The second-order valence-electron chi connectivity index (χ2n) is 5.72. The van der Waals surface area contributed by atoms with Crippen LogP contribution in [0.1, 0.15) is 39.0 Å². The van der Waals surface area contributed by atoms with Gasteiger partial charge < -0.3 is 15.8 Å². The maximum atomic E-state index is 6.12. The highest BCUT2D eigenvalue weighted by Crippen LogP contribution is 2.27. The van der Waals surface area contributed by atoms with Crippen LogP contribution >= 0.6 is 0 Å². The zero-order valence-corrected chi connectivity index (χ0v) is 13.6. The van der Waals surface area contributed by atoms with Crippen LogP contribution in [0.15, 0.2) is 30.5 Å². The number of hydrogen-bond acceptors (Lipinski definition) is 4. The zero-order valence-electron chi connectivity index (χ0n) is 13.6. The predicted molar refractivity (Wildman–Crippen MR) is 93.5 cm³/mol. The Morgan fingerprint density at radius 1 is 1.27 bits per heavy atom. The molecule has 0 aliphatic rings. The molecule has 0 spiro atoms. The minimum Gasteiger partial charge on any atom is -0.497 e. The number of nitrogens with zero attached hydrogens (tertiary/aromatic N) is 1. The summed E-state index contributed by atoms with van der Waals surface area (Å²) in [4.78, 5) is 4.47. The monoisotopic (exact) mass is 301 g/mol. The van der Waals surface area contributed by atoms with Crippen LogP contribution in [0.3, 0.4) is 0 Å². The molecule has 2 aromatic rings. The molecule has 120 valence electrons. The average molecular weight is 301 g/mol. The van der Waals surface area contributed by atoms with Crippen LogP contribution in [-0.2, 0) is 0 Å². The van der Waals surface area contributed by atoms with E-state index in [0.29, 0.717) is 6.04 Å². The molecule has 0 aliphatic heterocycles. The van der Waals surface area contributed by atoms with Crippen LogP contribution in [0.25, 0.3) is 10.9 Å². The predicted octanol–water partition coefficient (Wildman–Crippen LogP) is 3.95. The first-order valence-corrected chi connectivity index (χ1v) is 8.16. The summed E-state index contributed by atoms with van der Waals surface area (Å²) in [6.45, 7) is 3.11. The summed E-state index contributed by atoms with van der Waals surface area (Å²) in [6.07, 6.45) is 7.51. The Balaban J connectivity index is 1.93. The molecule has 1 unspecified atom stereocenters. The van der Waals surface area contributed by atoms with Gasteiger partial charge in [-0.25, -0.2) is 0 Å². The topological polar surface area (TPSA) is 60.2 Å². The molecule has 2 rings (SSSR count). The number of rotatable bonds is 9. The van der Waals surface area contributed by atoms with E-state index in [1.54, 1.807) is 7.11 Å². The summed E-state index contributed by atoms with van der Waals surface area (Å²) in [6, 6.07) is 8.33. The Morgan fingerprint density at radius 2 is 2.09 bits per heavy atom. The fraction of sp³-hybridized carbons (Fsp3) is 0.500. The molecular weight excluding hydrogens is 274 g/mol. The molecular formula is C18H27N3O. The second-order valence-corrected chi connectivity index (χ2v) is 5.72. The Labute approximate surface area is 133 Å². The lowest BCUT2D eigenvalue weighted by Gasteiger charge is -2.13. The van der Waals surface area contributed by atoms with Gasteiger partial charge >= 0.3 is 0 Å². The van der Waals surface area contributed by atoms with E-state index in [2.05, 4.69) is 23.3 Å². The lowest BCUT2D eigenvalue weighted by atomic mass is 10.1. The molecule has 4 heteroatoms. The highest BCUT2D eigenvalue weighted by molar-refractivity contribution is 5.91. The summed E-state index contributed by atoms with van der Waals surface area (Å²) in [5, 5.41) is 4.56. The van der Waals surface area contributed by atoms with Crippen LogP contribution < -0.4 is 15.8 Å². The van der Waals surface area contributed by atoms with Gasteiger partial charge in [0.15, 0.2) is 0 Å². The van der Waals surface area contributed by atoms with Gasteiger partial charge in [0, 0.05) is 30.2 Å². The number of fused-ring (bicyclic) bond motifs is 1. The number of aromatic nitrogens is 1. The van der Waals surface area contributed by atoms with Gasteiger partial charge in [-0.3, -0.25) is 4.98 Å². The van der Waals surface area contributed by atoms with Gasteiger partial charge in [-0.2, -0.15) is 0 Å². The molecule has 4 nitrogen and oxygen atoms in total. The van der Waals surface area contributed by atoms with Gasteiger partial charge in [-0.1, -0.05) is 25.8 Å².